The predicted molar refractivity (Wildman–Crippen MR) is 138 cm³/mol. The second kappa shape index (κ2) is 11.1. The van der Waals surface area contributed by atoms with Crippen molar-refractivity contribution in [3.05, 3.63) is 65.2 Å². The number of hydrogen-bond donors (Lipinski definition) is 2. The second-order valence-electron chi connectivity index (χ2n) is 11.3. The number of alkyl halides is 3. The standard InChI is InChI=1S/C29H35F3N2O5/c1-28(2,3)22-23(33-16-18-13-14-19(29(30,31)32)15-21(18)38-4)24(17-9-6-5-7-10-17)34(25(22)26(35)36)27(37)39-20-11-8-12-20/h5-7,9-10,13-15,20,22-25,33H,8,11-12,16H2,1-4H3,(H,35,36). The lowest BCUT2D eigenvalue weighted by molar-refractivity contribution is -0.145. The Morgan fingerprint density at radius 3 is 2.26 bits per heavy atom. The molecule has 1 aliphatic carbocycles. The van der Waals surface area contributed by atoms with Crippen LogP contribution in [0.15, 0.2) is 48.5 Å². The minimum atomic E-state index is -4.52. The van der Waals surface area contributed by atoms with Crippen molar-refractivity contribution in [2.75, 3.05) is 7.11 Å². The molecule has 0 bridgehead atoms. The molecule has 212 valence electrons. The summed E-state index contributed by atoms with van der Waals surface area (Å²) in [5, 5.41) is 13.8. The molecule has 4 rings (SSSR count). The fourth-order valence-electron chi connectivity index (χ4n) is 5.67. The van der Waals surface area contributed by atoms with Gasteiger partial charge in [0.05, 0.1) is 18.7 Å². The summed E-state index contributed by atoms with van der Waals surface area (Å²) in [4.78, 5) is 27.7. The number of nitrogens with one attached hydrogen (secondary N) is 1. The van der Waals surface area contributed by atoms with Gasteiger partial charge in [-0.25, -0.2) is 9.59 Å². The van der Waals surface area contributed by atoms with Gasteiger partial charge in [0.2, 0.25) is 0 Å². The Kier molecular flexibility index (Phi) is 8.16. The highest BCUT2D eigenvalue weighted by atomic mass is 19.4. The molecule has 0 aromatic heterocycles. The van der Waals surface area contributed by atoms with Crippen molar-refractivity contribution in [3.8, 4) is 5.75 Å². The number of aliphatic carboxylic acids is 1. The van der Waals surface area contributed by atoms with Crippen LogP contribution in [0.4, 0.5) is 18.0 Å². The quantitative estimate of drug-likeness (QED) is 0.439. The smallest absolute Gasteiger partial charge is 0.416 e. The normalized spacial score (nSPS) is 23.8. The molecule has 4 unspecified atom stereocenters. The Labute approximate surface area is 226 Å². The molecular weight excluding hydrogens is 513 g/mol. The first-order chi connectivity index (χ1) is 18.3. The van der Waals surface area contributed by atoms with Crippen LogP contribution in [0.2, 0.25) is 0 Å². The average molecular weight is 549 g/mol. The van der Waals surface area contributed by atoms with Crippen molar-refractivity contribution in [2.45, 2.75) is 77.0 Å². The van der Waals surface area contributed by atoms with Gasteiger partial charge in [-0.05, 0) is 42.4 Å². The zero-order valence-corrected chi connectivity index (χ0v) is 22.5. The third kappa shape index (κ3) is 6.00. The van der Waals surface area contributed by atoms with Crippen LogP contribution < -0.4 is 10.1 Å². The number of likely N-dealkylation sites (tertiary alicyclic amines) is 1. The van der Waals surface area contributed by atoms with E-state index in [9.17, 15) is 27.9 Å². The second-order valence-corrected chi connectivity index (χ2v) is 11.3. The first-order valence-electron chi connectivity index (χ1n) is 13.1. The highest BCUT2D eigenvalue weighted by Crippen LogP contribution is 2.49. The summed E-state index contributed by atoms with van der Waals surface area (Å²) in [6.45, 7) is 5.86. The van der Waals surface area contributed by atoms with E-state index in [1.54, 1.807) is 0 Å². The maximum absolute atomic E-state index is 13.6. The number of carboxylic acid groups (broad SMARTS) is 1. The third-order valence-corrected chi connectivity index (χ3v) is 7.73. The van der Waals surface area contributed by atoms with Crippen LogP contribution in [0.3, 0.4) is 0 Å². The highest BCUT2D eigenvalue weighted by Gasteiger charge is 2.58. The number of carboxylic acids is 1. The van der Waals surface area contributed by atoms with Gasteiger partial charge in [-0.15, -0.1) is 0 Å². The molecule has 2 N–H and O–H groups in total. The molecule has 2 aliphatic rings. The number of nitrogens with zero attached hydrogens (tertiary/aromatic N) is 1. The van der Waals surface area contributed by atoms with Crippen molar-refractivity contribution >= 4 is 12.1 Å². The summed E-state index contributed by atoms with van der Waals surface area (Å²) in [5.74, 6) is -1.64. The first kappa shape index (κ1) is 28.7. The molecule has 7 nitrogen and oxygen atoms in total. The number of hydrogen-bond acceptors (Lipinski definition) is 5. The summed E-state index contributed by atoms with van der Waals surface area (Å²) in [6.07, 6.45) is -2.99. The molecular formula is C29H35F3N2O5. The minimum absolute atomic E-state index is 0.0647. The van der Waals surface area contributed by atoms with Crippen LogP contribution in [-0.2, 0) is 22.3 Å². The maximum Gasteiger partial charge on any atom is 0.416 e. The zero-order valence-electron chi connectivity index (χ0n) is 22.5. The van der Waals surface area contributed by atoms with Gasteiger partial charge in [-0.2, -0.15) is 13.2 Å². The van der Waals surface area contributed by atoms with E-state index in [1.165, 1.54) is 18.1 Å². The van der Waals surface area contributed by atoms with Gasteiger partial charge < -0.3 is 19.9 Å². The number of rotatable bonds is 7. The minimum Gasteiger partial charge on any atom is -0.496 e. The fraction of sp³-hybridized carbons (Fsp3) is 0.517. The molecule has 0 radical (unpaired) electrons. The van der Waals surface area contributed by atoms with Crippen LogP contribution in [0.1, 0.15) is 62.8 Å². The lowest BCUT2D eigenvalue weighted by Gasteiger charge is -2.35. The SMILES string of the molecule is COc1cc(C(F)(F)F)ccc1CNC1C(c2ccccc2)N(C(=O)OC2CCC2)C(C(=O)O)C1C(C)(C)C. The first-order valence-corrected chi connectivity index (χ1v) is 13.1. The Bertz CT molecular complexity index is 1180. The molecule has 1 heterocycles. The van der Waals surface area contributed by atoms with Crippen LogP contribution >= 0.6 is 0 Å². The molecule has 1 saturated heterocycles. The van der Waals surface area contributed by atoms with Crippen molar-refractivity contribution in [1.29, 1.82) is 0 Å². The molecule has 2 aromatic carbocycles. The van der Waals surface area contributed by atoms with E-state index in [0.717, 1.165) is 37.0 Å². The molecule has 0 spiro atoms. The topological polar surface area (TPSA) is 88.1 Å². The van der Waals surface area contributed by atoms with E-state index in [2.05, 4.69) is 5.32 Å². The van der Waals surface area contributed by atoms with Crippen LogP contribution in [0.5, 0.6) is 5.75 Å². The molecule has 39 heavy (non-hydrogen) atoms. The molecule has 2 aromatic rings. The maximum atomic E-state index is 13.6. The average Bonchev–Trinajstić information content (AvgIpc) is 3.21. The van der Waals surface area contributed by atoms with Gasteiger partial charge in [0, 0.05) is 24.1 Å². The summed E-state index contributed by atoms with van der Waals surface area (Å²) >= 11 is 0. The monoisotopic (exact) mass is 548 g/mol. The zero-order chi connectivity index (χ0) is 28.5. The Morgan fingerprint density at radius 1 is 1.08 bits per heavy atom. The number of carbonyl (C=O) groups is 2. The summed E-state index contributed by atoms with van der Waals surface area (Å²) in [7, 11) is 1.30. The highest BCUT2D eigenvalue weighted by molar-refractivity contribution is 5.82. The number of carbonyl (C=O) groups excluding carboxylic acids is 1. The van der Waals surface area contributed by atoms with Crippen molar-refractivity contribution in [3.63, 3.8) is 0 Å². The third-order valence-electron chi connectivity index (χ3n) is 7.73. The Morgan fingerprint density at radius 2 is 1.74 bits per heavy atom. The van der Waals surface area contributed by atoms with Crippen LogP contribution in [-0.4, -0.2) is 47.4 Å². The van der Waals surface area contributed by atoms with Crippen molar-refractivity contribution in [2.24, 2.45) is 11.3 Å². The van der Waals surface area contributed by atoms with Crippen LogP contribution in [0, 0.1) is 11.3 Å². The molecule has 1 saturated carbocycles. The largest absolute Gasteiger partial charge is 0.496 e. The number of methoxy groups -OCH3 is 1. The lowest BCUT2D eigenvalue weighted by Crippen LogP contribution is -2.48. The molecule has 1 amide bonds. The van der Waals surface area contributed by atoms with E-state index in [0.29, 0.717) is 5.56 Å². The number of halogens is 3. The van der Waals surface area contributed by atoms with E-state index < -0.39 is 53.3 Å². The lowest BCUT2D eigenvalue weighted by atomic mass is 9.72. The van der Waals surface area contributed by atoms with E-state index in [4.69, 9.17) is 9.47 Å². The van der Waals surface area contributed by atoms with Gasteiger partial charge in [0.15, 0.2) is 0 Å². The van der Waals surface area contributed by atoms with Gasteiger partial charge in [-0.3, -0.25) is 4.90 Å². The predicted octanol–water partition coefficient (Wildman–Crippen LogP) is 6.03. The summed E-state index contributed by atoms with van der Waals surface area (Å²) < 4.78 is 50.8. The van der Waals surface area contributed by atoms with Crippen LogP contribution in [0.25, 0.3) is 0 Å². The molecule has 2 fully saturated rings. The Hall–Kier alpha value is -3.27. The van der Waals surface area contributed by atoms with Gasteiger partial charge in [-0.1, -0.05) is 57.2 Å². The number of benzene rings is 2. The van der Waals surface area contributed by atoms with Gasteiger partial charge in [0.25, 0.3) is 0 Å². The number of ether oxygens (including phenoxy) is 2. The summed E-state index contributed by atoms with van der Waals surface area (Å²) in [5.41, 5.74) is -0.177. The molecule has 1 aliphatic heterocycles. The van der Waals surface area contributed by atoms with Gasteiger partial charge in [0.1, 0.15) is 17.9 Å². The van der Waals surface area contributed by atoms with E-state index in [-0.39, 0.29) is 18.4 Å². The Balaban J connectivity index is 1.75. The molecule has 10 heteroatoms. The van der Waals surface area contributed by atoms with E-state index >= 15 is 0 Å². The molecule has 4 atom stereocenters. The fourth-order valence-corrected chi connectivity index (χ4v) is 5.67. The number of amides is 1. The van der Waals surface area contributed by atoms with Gasteiger partial charge >= 0.3 is 18.2 Å². The summed E-state index contributed by atoms with van der Waals surface area (Å²) in [6, 6.07) is 10.0. The van der Waals surface area contributed by atoms with Crippen molar-refractivity contribution < 1.29 is 37.3 Å². The van der Waals surface area contributed by atoms with Crippen molar-refractivity contribution in [1.82, 2.24) is 10.2 Å². The van der Waals surface area contributed by atoms with E-state index in [1.807, 2.05) is 51.1 Å².